The average molecular weight is 339 g/mol. The first kappa shape index (κ1) is 16.7. The van der Waals surface area contributed by atoms with E-state index in [-0.39, 0.29) is 18.4 Å². The van der Waals surface area contributed by atoms with Crippen molar-refractivity contribution in [2.24, 2.45) is 0 Å². The van der Waals surface area contributed by atoms with E-state index in [1.54, 1.807) is 6.07 Å². The second-order valence-corrected chi connectivity index (χ2v) is 6.75. The Morgan fingerprint density at radius 3 is 2.74 bits per heavy atom. The van der Waals surface area contributed by atoms with Gasteiger partial charge in [-0.05, 0) is 37.0 Å². The number of β-amino-alcohol motifs (C(OH)–C–C–N with tert-alkyl or cyclic N) is 1. The molecule has 1 aromatic rings. The molecular formula is C17H23ClN2O3. The number of aliphatic hydroxyl groups excluding tert-OH is 1. The molecule has 23 heavy (non-hydrogen) atoms. The third-order valence-corrected chi connectivity index (χ3v) is 5.29. The molecule has 2 saturated heterocycles. The van der Waals surface area contributed by atoms with Gasteiger partial charge in [0.1, 0.15) is 6.61 Å². The summed E-state index contributed by atoms with van der Waals surface area (Å²) in [7, 11) is 0. The van der Waals surface area contributed by atoms with Gasteiger partial charge >= 0.3 is 5.97 Å². The standard InChI is InChI=1S/C17H22N2O3.ClH/c1-10-13(4-5-14-15(10)9-22-17(14)21)16(20)8-19-6-11-2-3-12(7-19)18-11;/h4-5,11-12,16,18,20H,2-3,6-9H2,1H3;1H/t11-,12+,16-;/m0./s1. The number of nitrogens with one attached hydrogen (secondary N) is 1. The number of esters is 1. The second kappa shape index (κ2) is 6.40. The van der Waals surface area contributed by atoms with E-state index in [1.165, 1.54) is 12.8 Å². The van der Waals surface area contributed by atoms with E-state index >= 15 is 0 Å². The lowest BCUT2D eigenvalue weighted by Gasteiger charge is -2.34. The molecule has 0 saturated carbocycles. The highest BCUT2D eigenvalue weighted by Gasteiger charge is 2.33. The second-order valence-electron chi connectivity index (χ2n) is 6.75. The van der Waals surface area contributed by atoms with Crippen molar-refractivity contribution in [1.82, 2.24) is 10.2 Å². The quantitative estimate of drug-likeness (QED) is 0.819. The van der Waals surface area contributed by atoms with Crippen molar-refractivity contribution in [2.45, 2.75) is 44.6 Å². The first-order valence-corrected chi connectivity index (χ1v) is 8.08. The van der Waals surface area contributed by atoms with E-state index in [4.69, 9.17) is 4.74 Å². The minimum atomic E-state index is -0.515. The molecule has 0 aromatic heterocycles. The Bertz CT molecular complexity index is 610. The number of likely N-dealkylation sites (tertiary alicyclic amines) is 1. The molecule has 3 atom stereocenters. The number of hydrogen-bond donors (Lipinski definition) is 2. The Kier molecular flexibility index (Phi) is 4.65. The van der Waals surface area contributed by atoms with Crippen molar-refractivity contribution in [2.75, 3.05) is 19.6 Å². The number of ether oxygens (including phenoxy) is 1. The topological polar surface area (TPSA) is 61.8 Å². The summed E-state index contributed by atoms with van der Waals surface area (Å²) in [5.41, 5.74) is 3.49. The minimum Gasteiger partial charge on any atom is -0.457 e. The summed E-state index contributed by atoms with van der Waals surface area (Å²) in [6.07, 6.45) is 1.97. The summed E-state index contributed by atoms with van der Waals surface area (Å²) in [4.78, 5) is 14.0. The van der Waals surface area contributed by atoms with E-state index in [1.807, 2.05) is 13.0 Å². The molecular weight excluding hydrogens is 316 g/mol. The SMILES string of the molecule is Cc1c([C@@H](O)CN2C[C@H]3CC[C@@H](C2)N3)ccc2c1COC2=O.Cl. The lowest BCUT2D eigenvalue weighted by molar-refractivity contribution is 0.0535. The molecule has 2 bridgehead atoms. The molecule has 3 heterocycles. The molecule has 6 heteroatoms. The molecule has 3 aliphatic rings. The average Bonchev–Trinajstić information content (AvgIpc) is 3.03. The van der Waals surface area contributed by atoms with Gasteiger partial charge in [-0.3, -0.25) is 4.90 Å². The maximum absolute atomic E-state index is 11.6. The number of halogens is 1. The first-order valence-electron chi connectivity index (χ1n) is 8.08. The molecule has 4 rings (SSSR count). The monoisotopic (exact) mass is 338 g/mol. The fourth-order valence-electron chi connectivity index (χ4n) is 4.11. The molecule has 1 aromatic carbocycles. The molecule has 2 fully saturated rings. The number of cyclic esters (lactones) is 1. The Balaban J connectivity index is 0.00000156. The Morgan fingerprint density at radius 1 is 1.35 bits per heavy atom. The Hall–Kier alpha value is -1.14. The van der Waals surface area contributed by atoms with E-state index < -0.39 is 6.10 Å². The van der Waals surface area contributed by atoms with Gasteiger partial charge in [0, 0.05) is 37.3 Å². The maximum atomic E-state index is 11.6. The van der Waals surface area contributed by atoms with Crippen LogP contribution in [0.5, 0.6) is 0 Å². The maximum Gasteiger partial charge on any atom is 0.338 e. The van der Waals surface area contributed by atoms with Crippen molar-refractivity contribution in [3.8, 4) is 0 Å². The van der Waals surface area contributed by atoms with Crippen LogP contribution in [0.4, 0.5) is 0 Å². The normalized spacial score (nSPS) is 27.3. The van der Waals surface area contributed by atoms with Crippen LogP contribution in [0, 0.1) is 6.92 Å². The van der Waals surface area contributed by atoms with Crippen LogP contribution in [0.25, 0.3) is 0 Å². The van der Waals surface area contributed by atoms with E-state index in [9.17, 15) is 9.90 Å². The number of hydrogen-bond acceptors (Lipinski definition) is 5. The fraction of sp³-hybridized carbons (Fsp3) is 0.588. The van der Waals surface area contributed by atoms with Gasteiger partial charge in [-0.1, -0.05) is 6.07 Å². The summed E-state index contributed by atoms with van der Waals surface area (Å²) in [5.74, 6) is -0.252. The van der Waals surface area contributed by atoms with Gasteiger partial charge in [0.2, 0.25) is 0 Å². The zero-order valence-corrected chi connectivity index (χ0v) is 14.1. The molecule has 126 valence electrons. The van der Waals surface area contributed by atoms with E-state index in [0.29, 0.717) is 30.8 Å². The summed E-state index contributed by atoms with van der Waals surface area (Å²) < 4.78 is 5.09. The predicted molar refractivity (Wildman–Crippen MR) is 88.9 cm³/mol. The fourth-order valence-corrected chi connectivity index (χ4v) is 4.11. The molecule has 3 aliphatic heterocycles. The summed E-state index contributed by atoms with van der Waals surface area (Å²) >= 11 is 0. The molecule has 0 aliphatic carbocycles. The number of carbonyl (C=O) groups excluding carboxylic acids is 1. The molecule has 5 nitrogen and oxygen atoms in total. The molecule has 2 N–H and O–H groups in total. The third-order valence-electron chi connectivity index (χ3n) is 5.29. The zero-order chi connectivity index (χ0) is 15.3. The number of nitrogens with zero attached hydrogens (tertiary/aromatic N) is 1. The van der Waals surface area contributed by atoms with Crippen LogP contribution in [0.1, 0.15) is 46.0 Å². The van der Waals surface area contributed by atoms with Crippen LogP contribution < -0.4 is 5.32 Å². The van der Waals surface area contributed by atoms with Crippen LogP contribution in [0.15, 0.2) is 12.1 Å². The largest absolute Gasteiger partial charge is 0.457 e. The predicted octanol–water partition coefficient (Wildman–Crippen LogP) is 1.56. The van der Waals surface area contributed by atoms with Crippen LogP contribution >= 0.6 is 12.4 Å². The highest BCUT2D eigenvalue weighted by Crippen LogP contribution is 2.30. The lowest BCUT2D eigenvalue weighted by atomic mass is 9.95. The molecule has 0 spiro atoms. The number of piperazine rings is 1. The van der Waals surface area contributed by atoms with Crippen LogP contribution in [0.3, 0.4) is 0 Å². The van der Waals surface area contributed by atoms with E-state index in [0.717, 1.165) is 29.8 Å². The first-order chi connectivity index (χ1) is 10.6. The zero-order valence-electron chi connectivity index (χ0n) is 13.2. The van der Waals surface area contributed by atoms with Crippen LogP contribution in [-0.2, 0) is 11.3 Å². The number of rotatable bonds is 3. The van der Waals surface area contributed by atoms with Gasteiger partial charge in [-0.15, -0.1) is 12.4 Å². The van der Waals surface area contributed by atoms with Crippen molar-refractivity contribution >= 4 is 18.4 Å². The van der Waals surface area contributed by atoms with Crippen LogP contribution in [-0.4, -0.2) is 47.7 Å². The summed E-state index contributed by atoms with van der Waals surface area (Å²) in [6, 6.07) is 4.83. The Labute approximate surface area is 142 Å². The minimum absolute atomic E-state index is 0. The summed E-state index contributed by atoms with van der Waals surface area (Å²) in [6.45, 7) is 4.99. The smallest absolute Gasteiger partial charge is 0.338 e. The van der Waals surface area contributed by atoms with Crippen molar-refractivity contribution in [1.29, 1.82) is 0 Å². The van der Waals surface area contributed by atoms with Gasteiger partial charge in [0.05, 0.1) is 11.7 Å². The van der Waals surface area contributed by atoms with Gasteiger partial charge in [-0.25, -0.2) is 4.79 Å². The van der Waals surface area contributed by atoms with Crippen molar-refractivity contribution in [3.63, 3.8) is 0 Å². The highest BCUT2D eigenvalue weighted by molar-refractivity contribution is 5.93. The van der Waals surface area contributed by atoms with Crippen molar-refractivity contribution in [3.05, 3.63) is 34.4 Å². The Morgan fingerprint density at radius 2 is 2.04 bits per heavy atom. The molecule has 0 amide bonds. The number of carbonyl (C=O) groups is 1. The van der Waals surface area contributed by atoms with Crippen molar-refractivity contribution < 1.29 is 14.6 Å². The number of fused-ring (bicyclic) bond motifs is 3. The van der Waals surface area contributed by atoms with Gasteiger partial charge < -0.3 is 15.2 Å². The van der Waals surface area contributed by atoms with Crippen LogP contribution in [0.2, 0.25) is 0 Å². The third kappa shape index (κ3) is 2.98. The highest BCUT2D eigenvalue weighted by atomic mass is 35.5. The number of benzene rings is 1. The lowest BCUT2D eigenvalue weighted by Crippen LogP contribution is -2.51. The summed E-state index contributed by atoms with van der Waals surface area (Å²) in [5, 5.41) is 14.3. The molecule has 0 radical (unpaired) electrons. The number of aliphatic hydroxyl groups is 1. The van der Waals surface area contributed by atoms with Gasteiger partial charge in [0.25, 0.3) is 0 Å². The van der Waals surface area contributed by atoms with E-state index in [2.05, 4.69) is 10.2 Å². The van der Waals surface area contributed by atoms with Gasteiger partial charge in [-0.2, -0.15) is 0 Å². The van der Waals surface area contributed by atoms with Gasteiger partial charge in [0.15, 0.2) is 0 Å². The molecule has 0 unspecified atom stereocenters.